The first-order valence-electron chi connectivity index (χ1n) is 9.76. The Labute approximate surface area is 154 Å². The van der Waals surface area contributed by atoms with Crippen LogP contribution in [0.5, 0.6) is 0 Å². The van der Waals surface area contributed by atoms with Crippen molar-refractivity contribution >= 4 is 5.91 Å². The van der Waals surface area contributed by atoms with E-state index in [1.807, 2.05) is 11.8 Å². The van der Waals surface area contributed by atoms with E-state index in [1.165, 1.54) is 0 Å². The number of β-amino-alcohol motifs (C(OH)–C–C–N with tert-alkyl or cyclic N) is 1. The van der Waals surface area contributed by atoms with Crippen molar-refractivity contribution in [3.8, 4) is 0 Å². The second-order valence-electron chi connectivity index (χ2n) is 7.51. The van der Waals surface area contributed by atoms with Crippen molar-refractivity contribution in [1.82, 2.24) is 19.8 Å². The molecule has 2 saturated heterocycles. The van der Waals surface area contributed by atoms with E-state index < -0.39 is 0 Å². The van der Waals surface area contributed by atoms with Crippen LogP contribution in [0.1, 0.15) is 49.7 Å². The summed E-state index contributed by atoms with van der Waals surface area (Å²) >= 11 is 0. The molecule has 3 rings (SSSR count). The average molecular weight is 362 g/mol. The molecule has 0 unspecified atom stereocenters. The molecule has 7 nitrogen and oxygen atoms in total. The highest BCUT2D eigenvalue weighted by molar-refractivity contribution is 5.79. The summed E-state index contributed by atoms with van der Waals surface area (Å²) in [7, 11) is 0. The number of hydrogen-bond donors (Lipinski definition) is 2. The Balaban J connectivity index is 1.56. The predicted molar refractivity (Wildman–Crippen MR) is 99.1 cm³/mol. The summed E-state index contributed by atoms with van der Waals surface area (Å²) in [5, 5.41) is 9.86. The van der Waals surface area contributed by atoms with Gasteiger partial charge < -0.3 is 15.0 Å². The van der Waals surface area contributed by atoms with Gasteiger partial charge in [-0.1, -0.05) is 6.92 Å². The fraction of sp³-hybridized carbons (Fsp3) is 0.737. The number of nitrogens with one attached hydrogen (secondary N) is 1. The van der Waals surface area contributed by atoms with E-state index in [0.717, 1.165) is 38.8 Å². The molecule has 3 heterocycles. The Morgan fingerprint density at radius 3 is 2.62 bits per heavy atom. The highest BCUT2D eigenvalue weighted by Gasteiger charge is 2.30. The quantitative estimate of drug-likeness (QED) is 0.820. The number of likely N-dealkylation sites (tertiary alicyclic amines) is 2. The summed E-state index contributed by atoms with van der Waals surface area (Å²) in [6.45, 7) is 6.96. The molecule has 0 bridgehead atoms. The lowest BCUT2D eigenvalue weighted by molar-refractivity contribution is -0.132. The molecular weight excluding hydrogens is 332 g/mol. The molecule has 2 fully saturated rings. The number of piperidine rings is 2. The number of aromatic amines is 1. The van der Waals surface area contributed by atoms with Crippen LogP contribution >= 0.6 is 0 Å². The largest absolute Gasteiger partial charge is 0.392 e. The Kier molecular flexibility index (Phi) is 6.09. The molecule has 144 valence electrons. The van der Waals surface area contributed by atoms with Crippen LogP contribution < -0.4 is 5.56 Å². The van der Waals surface area contributed by atoms with E-state index >= 15 is 0 Å². The van der Waals surface area contributed by atoms with Crippen molar-refractivity contribution in [3.05, 3.63) is 27.4 Å². The zero-order valence-corrected chi connectivity index (χ0v) is 15.8. The van der Waals surface area contributed by atoms with E-state index in [4.69, 9.17) is 0 Å². The molecule has 1 aromatic heterocycles. The lowest BCUT2D eigenvalue weighted by atomic mass is 9.98. The highest BCUT2D eigenvalue weighted by atomic mass is 16.3. The topological polar surface area (TPSA) is 89.5 Å². The fourth-order valence-corrected chi connectivity index (χ4v) is 4.10. The SMILES string of the molecule is CCc1nc(C)c(CC(=O)N2CCC(N3CCC[C@H](O)C3)CC2)c(=O)[nH]1. The second-order valence-corrected chi connectivity index (χ2v) is 7.51. The smallest absolute Gasteiger partial charge is 0.254 e. The van der Waals surface area contributed by atoms with Gasteiger partial charge in [0.05, 0.1) is 12.5 Å². The maximum atomic E-state index is 12.7. The van der Waals surface area contributed by atoms with Gasteiger partial charge in [0.15, 0.2) is 0 Å². The summed E-state index contributed by atoms with van der Waals surface area (Å²) in [5.74, 6) is 0.662. The molecular formula is C19H30N4O3. The summed E-state index contributed by atoms with van der Waals surface area (Å²) in [6.07, 6.45) is 4.38. The van der Waals surface area contributed by atoms with Crippen LogP contribution in [0.2, 0.25) is 0 Å². The molecule has 2 aliphatic rings. The molecule has 1 aromatic rings. The van der Waals surface area contributed by atoms with Crippen molar-refractivity contribution < 1.29 is 9.90 Å². The number of amides is 1. The van der Waals surface area contributed by atoms with Gasteiger partial charge in [0.2, 0.25) is 5.91 Å². The number of H-pyrrole nitrogens is 1. The van der Waals surface area contributed by atoms with Gasteiger partial charge in [-0.05, 0) is 39.2 Å². The Bertz CT molecular complexity index is 695. The molecule has 0 aromatic carbocycles. The van der Waals surface area contributed by atoms with E-state index in [0.29, 0.717) is 42.6 Å². The van der Waals surface area contributed by atoms with Crippen LogP contribution in [0.25, 0.3) is 0 Å². The Hall–Kier alpha value is -1.73. The van der Waals surface area contributed by atoms with Crippen LogP contribution in [-0.2, 0) is 17.6 Å². The van der Waals surface area contributed by atoms with Gasteiger partial charge in [-0.25, -0.2) is 4.98 Å². The van der Waals surface area contributed by atoms with Crippen molar-refractivity contribution in [3.63, 3.8) is 0 Å². The maximum Gasteiger partial charge on any atom is 0.254 e. The first kappa shape index (κ1) is 19.0. The molecule has 0 saturated carbocycles. The molecule has 0 spiro atoms. The van der Waals surface area contributed by atoms with E-state index in [2.05, 4.69) is 14.9 Å². The van der Waals surface area contributed by atoms with Crippen LogP contribution in [0.4, 0.5) is 0 Å². The standard InChI is InChI=1S/C19H30N4O3/c1-3-17-20-13(2)16(19(26)21-17)11-18(25)22-9-6-14(7-10-22)23-8-4-5-15(24)12-23/h14-15,24H,3-12H2,1-2H3,(H,20,21,26)/t15-/m0/s1. The summed E-state index contributed by atoms with van der Waals surface area (Å²) < 4.78 is 0. The molecule has 26 heavy (non-hydrogen) atoms. The lowest BCUT2D eigenvalue weighted by Crippen LogP contribution is -2.51. The van der Waals surface area contributed by atoms with Crippen LogP contribution in [0, 0.1) is 6.92 Å². The summed E-state index contributed by atoms with van der Waals surface area (Å²) in [6, 6.07) is 0.449. The Morgan fingerprint density at radius 2 is 2.00 bits per heavy atom. The van der Waals surface area contributed by atoms with Crippen molar-refractivity contribution in [1.29, 1.82) is 0 Å². The lowest BCUT2D eigenvalue weighted by Gasteiger charge is -2.41. The number of rotatable bonds is 4. The molecule has 2 N–H and O–H groups in total. The first-order valence-corrected chi connectivity index (χ1v) is 9.76. The first-order chi connectivity index (χ1) is 12.5. The number of aliphatic hydroxyl groups is 1. The highest BCUT2D eigenvalue weighted by Crippen LogP contribution is 2.21. The molecule has 1 amide bonds. The van der Waals surface area contributed by atoms with Crippen LogP contribution in [0.15, 0.2) is 4.79 Å². The van der Waals surface area contributed by atoms with Gasteiger partial charge in [0.1, 0.15) is 5.82 Å². The zero-order chi connectivity index (χ0) is 18.7. The number of aromatic nitrogens is 2. The molecule has 0 radical (unpaired) electrons. The fourth-order valence-electron chi connectivity index (χ4n) is 4.10. The van der Waals surface area contributed by atoms with E-state index in [9.17, 15) is 14.7 Å². The van der Waals surface area contributed by atoms with E-state index in [1.54, 1.807) is 6.92 Å². The van der Waals surface area contributed by atoms with Gasteiger partial charge >= 0.3 is 0 Å². The number of carbonyl (C=O) groups excluding carboxylic acids is 1. The van der Waals surface area contributed by atoms with E-state index in [-0.39, 0.29) is 24.0 Å². The minimum absolute atomic E-state index is 0.00165. The van der Waals surface area contributed by atoms with Crippen molar-refractivity contribution in [2.24, 2.45) is 0 Å². The minimum atomic E-state index is -0.211. The molecule has 2 aliphatic heterocycles. The average Bonchev–Trinajstić information content (AvgIpc) is 2.64. The van der Waals surface area contributed by atoms with Gasteiger partial charge in [-0.2, -0.15) is 0 Å². The van der Waals surface area contributed by atoms with Crippen molar-refractivity contribution in [2.45, 2.75) is 64.5 Å². The number of aryl methyl sites for hydroxylation is 2. The van der Waals surface area contributed by atoms with Gasteiger partial charge in [-0.3, -0.25) is 14.5 Å². The third kappa shape index (κ3) is 4.32. The number of nitrogens with zero attached hydrogens (tertiary/aromatic N) is 3. The van der Waals surface area contributed by atoms with Gasteiger partial charge in [0, 0.05) is 43.4 Å². The van der Waals surface area contributed by atoms with Gasteiger partial charge in [0.25, 0.3) is 5.56 Å². The number of carbonyl (C=O) groups is 1. The second kappa shape index (κ2) is 8.31. The summed E-state index contributed by atoms with van der Waals surface area (Å²) in [4.78, 5) is 36.3. The monoisotopic (exact) mass is 362 g/mol. The predicted octanol–water partition coefficient (Wildman–Crippen LogP) is 0.631. The van der Waals surface area contributed by atoms with Crippen molar-refractivity contribution in [2.75, 3.05) is 26.2 Å². The zero-order valence-electron chi connectivity index (χ0n) is 15.8. The third-order valence-electron chi connectivity index (χ3n) is 5.70. The third-order valence-corrected chi connectivity index (χ3v) is 5.70. The van der Waals surface area contributed by atoms with Crippen LogP contribution in [0.3, 0.4) is 0 Å². The van der Waals surface area contributed by atoms with Gasteiger partial charge in [-0.15, -0.1) is 0 Å². The maximum absolute atomic E-state index is 12.7. The number of hydrogen-bond acceptors (Lipinski definition) is 5. The normalized spacial score (nSPS) is 22.6. The molecule has 0 aliphatic carbocycles. The Morgan fingerprint density at radius 1 is 1.27 bits per heavy atom. The molecule has 1 atom stereocenters. The van der Waals surface area contributed by atoms with Crippen LogP contribution in [-0.4, -0.2) is 69.1 Å². The minimum Gasteiger partial charge on any atom is -0.392 e. The summed E-state index contributed by atoms with van der Waals surface area (Å²) in [5.41, 5.74) is 0.935. The number of aliphatic hydroxyl groups excluding tert-OH is 1. The molecule has 7 heteroatoms.